The Hall–Kier alpha value is -1.51. The van der Waals surface area contributed by atoms with Gasteiger partial charge >= 0.3 is 5.97 Å². The Balaban J connectivity index is 2.11. The molecule has 0 aromatic heterocycles. The third kappa shape index (κ3) is 2.78. The zero-order chi connectivity index (χ0) is 12.3. The molecule has 2 rings (SSSR count). The Bertz CT molecular complexity index is 400. The second-order valence-electron chi connectivity index (χ2n) is 4.65. The number of benzene rings is 1. The predicted molar refractivity (Wildman–Crippen MR) is 65.2 cm³/mol. The zero-order valence-electron chi connectivity index (χ0n) is 10.1. The van der Waals surface area contributed by atoms with Gasteiger partial charge in [-0.25, -0.2) is 0 Å². The van der Waals surface area contributed by atoms with E-state index < -0.39 is 5.97 Å². The molecule has 1 saturated carbocycles. The minimum atomic E-state index is -0.733. The number of aryl methyl sites for hydroxylation is 1. The highest BCUT2D eigenvalue weighted by atomic mass is 16.5. The molecule has 0 saturated heterocycles. The topological polar surface area (TPSA) is 46.5 Å². The number of para-hydroxylation sites is 1. The molecule has 1 fully saturated rings. The summed E-state index contributed by atoms with van der Waals surface area (Å²) in [5.74, 6) is -0.280. The van der Waals surface area contributed by atoms with Crippen molar-refractivity contribution in [3.8, 4) is 5.75 Å². The Morgan fingerprint density at radius 2 is 2.00 bits per heavy atom. The lowest BCUT2D eigenvalue weighted by molar-refractivity contribution is -0.146. The molecule has 1 aliphatic carbocycles. The zero-order valence-corrected chi connectivity index (χ0v) is 10.1. The van der Waals surface area contributed by atoms with Crippen molar-refractivity contribution in [1.29, 1.82) is 0 Å². The molecule has 0 radical (unpaired) electrons. The van der Waals surface area contributed by atoms with Gasteiger partial charge in [-0.15, -0.1) is 0 Å². The molecule has 0 bridgehead atoms. The van der Waals surface area contributed by atoms with Crippen LogP contribution in [0.2, 0.25) is 0 Å². The fourth-order valence-electron chi connectivity index (χ4n) is 2.37. The monoisotopic (exact) mass is 234 g/mol. The molecule has 3 nitrogen and oxygen atoms in total. The summed E-state index contributed by atoms with van der Waals surface area (Å²) in [5.41, 5.74) is 1.06. The normalized spacial score (nSPS) is 24.3. The van der Waals surface area contributed by atoms with Crippen LogP contribution in [0.5, 0.6) is 5.75 Å². The van der Waals surface area contributed by atoms with Gasteiger partial charge < -0.3 is 9.84 Å². The number of aliphatic carboxylic acids is 1. The van der Waals surface area contributed by atoms with E-state index >= 15 is 0 Å². The summed E-state index contributed by atoms with van der Waals surface area (Å²) in [6.45, 7) is 1.98. The summed E-state index contributed by atoms with van der Waals surface area (Å²) in [5, 5.41) is 9.18. The summed E-state index contributed by atoms with van der Waals surface area (Å²) in [4.78, 5) is 11.2. The molecule has 2 unspecified atom stereocenters. The molecule has 1 aliphatic rings. The average Bonchev–Trinajstić information content (AvgIpc) is 2.32. The fraction of sp³-hybridized carbons (Fsp3) is 0.500. The summed E-state index contributed by atoms with van der Waals surface area (Å²) in [7, 11) is 0. The van der Waals surface area contributed by atoms with Gasteiger partial charge in [0.1, 0.15) is 11.9 Å². The summed E-state index contributed by atoms with van der Waals surface area (Å²) < 4.78 is 5.88. The minimum absolute atomic E-state index is 0.178. The number of carboxylic acids is 1. The maximum atomic E-state index is 11.2. The first kappa shape index (κ1) is 12.0. The minimum Gasteiger partial charge on any atom is -0.489 e. The van der Waals surface area contributed by atoms with Gasteiger partial charge in [-0.1, -0.05) is 24.6 Å². The van der Waals surface area contributed by atoms with Crippen molar-refractivity contribution in [3.05, 3.63) is 29.8 Å². The molecular weight excluding hydrogens is 216 g/mol. The number of rotatable bonds is 3. The van der Waals surface area contributed by atoms with Gasteiger partial charge in [0, 0.05) is 0 Å². The first-order chi connectivity index (χ1) is 8.18. The standard InChI is InChI=1S/C14H18O3/c1-10-6-2-4-8-12(10)17-13-9-5-3-7-11(13)14(15)16/h2,4,6,8,11,13H,3,5,7,9H2,1H3,(H,15,16). The van der Waals surface area contributed by atoms with Gasteiger partial charge in [0.25, 0.3) is 0 Å². The second-order valence-corrected chi connectivity index (χ2v) is 4.65. The highest BCUT2D eigenvalue weighted by Crippen LogP contribution is 2.29. The van der Waals surface area contributed by atoms with Gasteiger partial charge in [-0.2, -0.15) is 0 Å². The SMILES string of the molecule is Cc1ccccc1OC1CCCCC1C(=O)O. The first-order valence-corrected chi connectivity index (χ1v) is 6.13. The van der Waals surface area contributed by atoms with Crippen molar-refractivity contribution in [2.24, 2.45) is 5.92 Å². The van der Waals surface area contributed by atoms with Crippen molar-refractivity contribution in [2.45, 2.75) is 38.7 Å². The molecular formula is C14H18O3. The predicted octanol–water partition coefficient (Wildman–Crippen LogP) is 3.02. The van der Waals surface area contributed by atoms with Crippen LogP contribution in [-0.4, -0.2) is 17.2 Å². The van der Waals surface area contributed by atoms with E-state index in [1.165, 1.54) is 0 Å². The number of hydrogen-bond donors (Lipinski definition) is 1. The average molecular weight is 234 g/mol. The van der Waals surface area contributed by atoms with E-state index in [2.05, 4.69) is 0 Å². The highest BCUT2D eigenvalue weighted by molar-refractivity contribution is 5.70. The smallest absolute Gasteiger partial charge is 0.310 e. The quantitative estimate of drug-likeness (QED) is 0.874. The number of hydrogen-bond acceptors (Lipinski definition) is 2. The van der Waals surface area contributed by atoms with Crippen LogP contribution in [0, 0.1) is 12.8 Å². The Morgan fingerprint density at radius 3 is 2.71 bits per heavy atom. The molecule has 0 spiro atoms. The van der Waals surface area contributed by atoms with E-state index in [0.29, 0.717) is 0 Å². The number of ether oxygens (including phenoxy) is 1. The van der Waals surface area contributed by atoms with Crippen molar-refractivity contribution in [3.63, 3.8) is 0 Å². The lowest BCUT2D eigenvalue weighted by atomic mass is 9.86. The van der Waals surface area contributed by atoms with Crippen LogP contribution in [0.15, 0.2) is 24.3 Å². The third-order valence-electron chi connectivity index (χ3n) is 3.39. The van der Waals surface area contributed by atoms with Crippen molar-refractivity contribution >= 4 is 5.97 Å². The molecule has 2 atom stereocenters. The Kier molecular flexibility index (Phi) is 3.67. The van der Waals surface area contributed by atoms with E-state index in [1.54, 1.807) is 0 Å². The van der Waals surface area contributed by atoms with E-state index in [0.717, 1.165) is 37.0 Å². The summed E-state index contributed by atoms with van der Waals surface area (Å²) in [6.07, 6.45) is 3.43. The molecule has 0 aliphatic heterocycles. The second kappa shape index (κ2) is 5.21. The molecule has 0 heterocycles. The van der Waals surface area contributed by atoms with Gasteiger partial charge in [0.05, 0.1) is 5.92 Å². The largest absolute Gasteiger partial charge is 0.489 e. The van der Waals surface area contributed by atoms with Crippen molar-refractivity contribution < 1.29 is 14.6 Å². The number of carboxylic acid groups (broad SMARTS) is 1. The third-order valence-corrected chi connectivity index (χ3v) is 3.39. The van der Waals surface area contributed by atoms with Crippen LogP contribution in [-0.2, 0) is 4.79 Å². The van der Waals surface area contributed by atoms with Crippen LogP contribution >= 0.6 is 0 Å². The first-order valence-electron chi connectivity index (χ1n) is 6.13. The Morgan fingerprint density at radius 1 is 1.29 bits per heavy atom. The maximum Gasteiger partial charge on any atom is 0.310 e. The number of carbonyl (C=O) groups is 1. The van der Waals surface area contributed by atoms with Crippen LogP contribution in [0.3, 0.4) is 0 Å². The van der Waals surface area contributed by atoms with Crippen LogP contribution in [0.25, 0.3) is 0 Å². The van der Waals surface area contributed by atoms with Crippen LogP contribution in [0.4, 0.5) is 0 Å². The highest BCUT2D eigenvalue weighted by Gasteiger charge is 2.32. The van der Waals surface area contributed by atoms with Crippen LogP contribution in [0.1, 0.15) is 31.2 Å². The molecule has 1 N–H and O–H groups in total. The van der Waals surface area contributed by atoms with E-state index in [1.807, 2.05) is 31.2 Å². The Labute approximate surface area is 101 Å². The van der Waals surface area contributed by atoms with E-state index in [-0.39, 0.29) is 12.0 Å². The van der Waals surface area contributed by atoms with E-state index in [4.69, 9.17) is 4.74 Å². The van der Waals surface area contributed by atoms with Crippen molar-refractivity contribution in [2.75, 3.05) is 0 Å². The molecule has 1 aromatic rings. The molecule has 17 heavy (non-hydrogen) atoms. The molecule has 1 aromatic carbocycles. The van der Waals surface area contributed by atoms with Gasteiger partial charge in [-0.3, -0.25) is 4.79 Å². The molecule has 0 amide bonds. The maximum absolute atomic E-state index is 11.2. The van der Waals surface area contributed by atoms with E-state index in [9.17, 15) is 9.90 Å². The lowest BCUT2D eigenvalue weighted by Gasteiger charge is -2.29. The molecule has 3 heteroatoms. The van der Waals surface area contributed by atoms with Crippen LogP contribution < -0.4 is 4.74 Å². The van der Waals surface area contributed by atoms with Gasteiger partial charge in [0.2, 0.25) is 0 Å². The van der Waals surface area contributed by atoms with Gasteiger partial charge in [0.15, 0.2) is 0 Å². The molecule has 92 valence electrons. The van der Waals surface area contributed by atoms with Crippen molar-refractivity contribution in [1.82, 2.24) is 0 Å². The van der Waals surface area contributed by atoms with Gasteiger partial charge in [-0.05, 0) is 37.8 Å². The fourth-order valence-corrected chi connectivity index (χ4v) is 2.37. The summed E-state index contributed by atoms with van der Waals surface area (Å²) >= 11 is 0. The summed E-state index contributed by atoms with van der Waals surface area (Å²) in [6, 6.07) is 7.76. The lowest BCUT2D eigenvalue weighted by Crippen LogP contribution is -2.35.